The molecule has 11 heteroatoms. The van der Waals surface area contributed by atoms with Gasteiger partial charge < -0.3 is 4.90 Å². The summed E-state index contributed by atoms with van der Waals surface area (Å²) in [7, 11) is 3.47. The molecule has 5 nitrogen and oxygen atoms in total. The van der Waals surface area contributed by atoms with Crippen molar-refractivity contribution in [2.75, 3.05) is 14.1 Å². The third kappa shape index (κ3) is 4.19. The Hall–Kier alpha value is -1.51. The van der Waals surface area contributed by atoms with Gasteiger partial charge >= 0.3 is 6.18 Å². The SMILES string of the molecule is CN(C)C=Nc1c(I)c(C#N)nn1-c1c(Cl)cc(C(F)(F)F)cc1Cl. The predicted molar refractivity (Wildman–Crippen MR) is 97.9 cm³/mol. The van der Waals surface area contributed by atoms with E-state index >= 15 is 0 Å². The standard InChI is InChI=1S/C14H9Cl2F3IN5/c1-24(2)6-22-13-11(20)10(5-21)23-25(13)12-8(15)3-7(4-9(12)16)14(17,18)19/h3-4,6H,1-2H3. The van der Waals surface area contributed by atoms with Gasteiger partial charge in [-0.3, -0.25) is 0 Å². The topological polar surface area (TPSA) is 57.2 Å². The van der Waals surface area contributed by atoms with Crippen LogP contribution in [0.2, 0.25) is 10.0 Å². The summed E-state index contributed by atoms with van der Waals surface area (Å²) in [5.74, 6) is 0.231. The van der Waals surface area contributed by atoms with Gasteiger partial charge in [0, 0.05) is 14.1 Å². The third-order valence-electron chi connectivity index (χ3n) is 2.88. The number of hydrogen-bond donors (Lipinski definition) is 0. The number of aromatic nitrogens is 2. The lowest BCUT2D eigenvalue weighted by molar-refractivity contribution is -0.137. The van der Waals surface area contributed by atoms with Gasteiger partial charge in [0.25, 0.3) is 0 Å². The number of rotatable bonds is 3. The van der Waals surface area contributed by atoms with Crippen molar-refractivity contribution in [2.24, 2.45) is 4.99 Å². The lowest BCUT2D eigenvalue weighted by Gasteiger charge is -2.13. The molecular formula is C14H9Cl2F3IN5. The van der Waals surface area contributed by atoms with Crippen molar-refractivity contribution in [3.63, 3.8) is 0 Å². The summed E-state index contributed by atoms with van der Waals surface area (Å²) >= 11 is 13.9. The summed E-state index contributed by atoms with van der Waals surface area (Å²) < 4.78 is 40.2. The minimum atomic E-state index is -4.59. The van der Waals surface area contributed by atoms with Crippen molar-refractivity contribution in [2.45, 2.75) is 6.18 Å². The van der Waals surface area contributed by atoms with Crippen molar-refractivity contribution >= 4 is 57.9 Å². The lowest BCUT2D eigenvalue weighted by Crippen LogP contribution is -2.09. The fraction of sp³-hybridized carbons (Fsp3) is 0.214. The van der Waals surface area contributed by atoms with E-state index in [-0.39, 0.29) is 27.2 Å². The van der Waals surface area contributed by atoms with Crippen LogP contribution in [0.1, 0.15) is 11.3 Å². The largest absolute Gasteiger partial charge is 0.416 e. The zero-order valence-electron chi connectivity index (χ0n) is 12.7. The van der Waals surface area contributed by atoms with Crippen LogP contribution in [0.5, 0.6) is 0 Å². The van der Waals surface area contributed by atoms with Crippen molar-refractivity contribution in [1.82, 2.24) is 14.7 Å². The number of alkyl halides is 3. The maximum atomic E-state index is 12.9. The third-order valence-corrected chi connectivity index (χ3v) is 4.45. The molecule has 0 aliphatic rings. The summed E-state index contributed by atoms with van der Waals surface area (Å²) in [5.41, 5.74) is -0.910. The molecule has 1 aromatic carbocycles. The van der Waals surface area contributed by atoms with Crippen molar-refractivity contribution in [3.8, 4) is 11.8 Å². The smallest absolute Gasteiger partial charge is 0.369 e. The maximum Gasteiger partial charge on any atom is 0.416 e. The first-order valence-electron chi connectivity index (χ1n) is 6.52. The molecule has 0 radical (unpaired) electrons. The number of halogens is 6. The molecule has 1 aromatic heterocycles. The molecular weight excluding hydrogens is 493 g/mol. The minimum Gasteiger partial charge on any atom is -0.369 e. The second-order valence-electron chi connectivity index (χ2n) is 5.00. The Kier molecular flexibility index (Phi) is 5.86. The summed E-state index contributed by atoms with van der Waals surface area (Å²) in [5, 5.41) is 12.7. The van der Waals surface area contributed by atoms with Crippen molar-refractivity contribution in [3.05, 3.63) is 37.0 Å². The zero-order valence-corrected chi connectivity index (χ0v) is 16.4. The van der Waals surface area contributed by atoms with E-state index in [2.05, 4.69) is 10.1 Å². The fourth-order valence-electron chi connectivity index (χ4n) is 1.83. The zero-order chi connectivity index (χ0) is 18.9. The lowest BCUT2D eigenvalue weighted by atomic mass is 10.2. The molecule has 0 spiro atoms. The van der Waals surface area contributed by atoms with Crippen LogP contribution in [-0.4, -0.2) is 35.1 Å². The Balaban J connectivity index is 2.73. The Morgan fingerprint density at radius 1 is 1.32 bits per heavy atom. The second kappa shape index (κ2) is 7.39. The van der Waals surface area contributed by atoms with E-state index in [4.69, 9.17) is 28.5 Å². The highest BCUT2D eigenvalue weighted by molar-refractivity contribution is 14.1. The van der Waals surface area contributed by atoms with Crippen LogP contribution in [0.15, 0.2) is 17.1 Å². The fourth-order valence-corrected chi connectivity index (χ4v) is 3.07. The van der Waals surface area contributed by atoms with Gasteiger partial charge in [-0.2, -0.15) is 23.5 Å². The monoisotopic (exact) mass is 501 g/mol. The quantitative estimate of drug-likeness (QED) is 0.341. The molecule has 0 fully saturated rings. The van der Waals surface area contributed by atoms with Crippen LogP contribution in [0.3, 0.4) is 0 Å². The molecule has 0 atom stereocenters. The molecule has 25 heavy (non-hydrogen) atoms. The van der Waals surface area contributed by atoms with E-state index in [1.807, 2.05) is 28.7 Å². The molecule has 0 aliphatic heterocycles. The number of hydrogen-bond acceptors (Lipinski definition) is 3. The average Bonchev–Trinajstić information content (AvgIpc) is 2.79. The highest BCUT2D eigenvalue weighted by Crippen LogP contribution is 2.39. The molecule has 0 saturated carbocycles. The molecule has 0 unspecified atom stereocenters. The Labute approximate surface area is 164 Å². The Morgan fingerprint density at radius 2 is 1.88 bits per heavy atom. The molecule has 2 aromatic rings. The summed E-state index contributed by atoms with van der Waals surface area (Å²) in [6.45, 7) is 0. The van der Waals surface area contributed by atoms with Crippen LogP contribution >= 0.6 is 45.8 Å². The van der Waals surface area contributed by atoms with Gasteiger partial charge in [0.2, 0.25) is 0 Å². The van der Waals surface area contributed by atoms with Crippen LogP contribution in [0, 0.1) is 14.9 Å². The molecule has 0 aliphatic carbocycles. The van der Waals surface area contributed by atoms with Gasteiger partial charge in [-0.15, -0.1) is 0 Å². The molecule has 0 amide bonds. The molecule has 1 heterocycles. The van der Waals surface area contributed by atoms with Gasteiger partial charge in [-0.1, -0.05) is 23.2 Å². The van der Waals surface area contributed by atoms with Gasteiger partial charge in [-0.25, -0.2) is 9.67 Å². The average molecular weight is 502 g/mol. The first-order chi connectivity index (χ1) is 11.6. The van der Waals surface area contributed by atoms with E-state index < -0.39 is 11.7 Å². The van der Waals surface area contributed by atoms with Gasteiger partial charge in [0.05, 0.1) is 25.5 Å². The first-order valence-corrected chi connectivity index (χ1v) is 8.35. The Bertz CT molecular complexity index is 861. The molecule has 0 N–H and O–H groups in total. The van der Waals surface area contributed by atoms with E-state index in [0.717, 1.165) is 16.8 Å². The van der Waals surface area contributed by atoms with E-state index in [9.17, 15) is 13.2 Å². The van der Waals surface area contributed by atoms with Crippen LogP contribution in [0.25, 0.3) is 5.69 Å². The Morgan fingerprint density at radius 3 is 2.32 bits per heavy atom. The van der Waals surface area contributed by atoms with Gasteiger partial charge in [-0.05, 0) is 34.7 Å². The molecule has 2 rings (SSSR count). The maximum absolute atomic E-state index is 12.9. The summed E-state index contributed by atoms with van der Waals surface area (Å²) in [4.78, 5) is 5.86. The van der Waals surface area contributed by atoms with E-state index in [1.165, 1.54) is 6.34 Å². The number of nitrogens with zero attached hydrogens (tertiary/aromatic N) is 5. The van der Waals surface area contributed by atoms with Crippen molar-refractivity contribution in [1.29, 1.82) is 5.26 Å². The summed E-state index contributed by atoms with van der Waals surface area (Å²) in [6.07, 6.45) is -3.13. The number of nitriles is 1. The summed E-state index contributed by atoms with van der Waals surface area (Å²) in [6, 6.07) is 3.40. The van der Waals surface area contributed by atoms with Crippen LogP contribution < -0.4 is 0 Å². The van der Waals surface area contributed by atoms with E-state index in [1.54, 1.807) is 19.0 Å². The molecule has 0 saturated heterocycles. The second-order valence-corrected chi connectivity index (χ2v) is 6.90. The van der Waals surface area contributed by atoms with E-state index in [0.29, 0.717) is 3.57 Å². The van der Waals surface area contributed by atoms with Gasteiger partial charge in [0.15, 0.2) is 11.5 Å². The minimum absolute atomic E-state index is 0.0154. The number of benzene rings is 1. The first kappa shape index (κ1) is 19.8. The molecule has 132 valence electrons. The van der Waals surface area contributed by atoms with Gasteiger partial charge in [0.1, 0.15) is 11.8 Å². The predicted octanol–water partition coefficient (Wildman–Crippen LogP) is 4.90. The highest BCUT2D eigenvalue weighted by Gasteiger charge is 2.32. The normalized spacial score (nSPS) is 11.8. The van der Waals surface area contributed by atoms with Crippen molar-refractivity contribution < 1.29 is 13.2 Å². The molecule has 0 bridgehead atoms. The highest BCUT2D eigenvalue weighted by atomic mass is 127. The number of aliphatic imine (C=N–C) groups is 1. The van der Waals surface area contributed by atoms with Crippen LogP contribution in [-0.2, 0) is 6.18 Å². The van der Waals surface area contributed by atoms with Crippen LogP contribution in [0.4, 0.5) is 19.0 Å².